The van der Waals surface area contributed by atoms with Crippen LogP contribution in [0.4, 0.5) is 0 Å². The predicted molar refractivity (Wildman–Crippen MR) is 65.2 cm³/mol. The first kappa shape index (κ1) is 13.1. The molecule has 1 saturated carbocycles. The number of Topliss-reactive ketones (excluding diaryl/α,β-unsaturated/α-hetero) is 2. The van der Waals surface area contributed by atoms with Crippen molar-refractivity contribution < 1.29 is 9.59 Å². The Kier molecular flexibility index (Phi) is 3.15. The minimum Gasteiger partial charge on any atom is -0.294 e. The second kappa shape index (κ2) is 3.83. The fraction of sp³-hybridized carbons (Fsp3) is 0.714. The molecule has 0 aliphatic heterocycles. The summed E-state index contributed by atoms with van der Waals surface area (Å²) in [6, 6.07) is 0. The van der Waals surface area contributed by atoms with Crippen LogP contribution in [0.5, 0.6) is 0 Å². The number of hydrogen-bond acceptors (Lipinski definition) is 2. The Labute approximate surface area is 98.1 Å². The van der Waals surface area contributed by atoms with Gasteiger partial charge in [-0.3, -0.25) is 9.59 Å². The second-order valence-electron chi connectivity index (χ2n) is 6.60. The van der Waals surface area contributed by atoms with Gasteiger partial charge in [0, 0.05) is 12.8 Å². The molecule has 0 aromatic rings. The third-order valence-corrected chi connectivity index (χ3v) is 2.89. The van der Waals surface area contributed by atoms with E-state index in [1.165, 1.54) is 0 Å². The Balaban J connectivity index is 3.47. The van der Waals surface area contributed by atoms with Crippen molar-refractivity contribution in [3.8, 4) is 0 Å². The number of ketones is 2. The molecule has 0 aromatic carbocycles. The fourth-order valence-electron chi connectivity index (χ4n) is 2.79. The summed E-state index contributed by atoms with van der Waals surface area (Å²) >= 11 is 0. The van der Waals surface area contributed by atoms with E-state index >= 15 is 0 Å². The molecule has 1 aliphatic rings. The van der Waals surface area contributed by atoms with Gasteiger partial charge in [-0.2, -0.15) is 0 Å². The van der Waals surface area contributed by atoms with E-state index in [9.17, 15) is 9.59 Å². The zero-order chi connectivity index (χ0) is 12.7. The van der Waals surface area contributed by atoms with Gasteiger partial charge < -0.3 is 0 Å². The number of carbonyl (C=O) groups is 2. The SMILES string of the molecule is CC(C)(C)C(=C1C(=O)CCC1=O)C(C)(C)C. The molecule has 0 saturated heterocycles. The quantitative estimate of drug-likeness (QED) is 0.465. The monoisotopic (exact) mass is 222 g/mol. The molecule has 1 rings (SSSR count). The normalized spacial score (nSPS) is 18.2. The lowest BCUT2D eigenvalue weighted by molar-refractivity contribution is -0.116. The second-order valence-corrected chi connectivity index (χ2v) is 6.60. The summed E-state index contributed by atoms with van der Waals surface area (Å²) in [4.78, 5) is 23.7. The first-order valence-electron chi connectivity index (χ1n) is 5.87. The van der Waals surface area contributed by atoms with Gasteiger partial charge in [-0.15, -0.1) is 0 Å². The van der Waals surface area contributed by atoms with E-state index in [4.69, 9.17) is 0 Å². The van der Waals surface area contributed by atoms with Crippen molar-refractivity contribution in [1.82, 2.24) is 0 Å². The van der Waals surface area contributed by atoms with Gasteiger partial charge in [0.05, 0.1) is 5.57 Å². The lowest BCUT2D eigenvalue weighted by atomic mass is 9.69. The van der Waals surface area contributed by atoms with Crippen LogP contribution < -0.4 is 0 Å². The molecule has 0 heterocycles. The van der Waals surface area contributed by atoms with Crippen LogP contribution in [0.25, 0.3) is 0 Å². The smallest absolute Gasteiger partial charge is 0.166 e. The van der Waals surface area contributed by atoms with Crippen molar-refractivity contribution in [3.63, 3.8) is 0 Å². The van der Waals surface area contributed by atoms with Crippen LogP contribution in [0.1, 0.15) is 54.4 Å². The highest BCUT2D eigenvalue weighted by atomic mass is 16.2. The Morgan fingerprint density at radius 2 is 1.12 bits per heavy atom. The minimum absolute atomic E-state index is 0.0323. The summed E-state index contributed by atoms with van der Waals surface area (Å²) in [7, 11) is 0. The molecule has 0 bridgehead atoms. The molecule has 0 radical (unpaired) electrons. The lowest BCUT2D eigenvalue weighted by Gasteiger charge is -2.35. The Morgan fingerprint density at radius 3 is 1.38 bits per heavy atom. The molecule has 0 N–H and O–H groups in total. The van der Waals surface area contributed by atoms with E-state index < -0.39 is 0 Å². The Morgan fingerprint density at radius 1 is 0.812 bits per heavy atom. The van der Waals surface area contributed by atoms with Crippen molar-refractivity contribution in [2.75, 3.05) is 0 Å². The summed E-state index contributed by atoms with van der Waals surface area (Å²) in [5, 5.41) is 0. The average molecular weight is 222 g/mol. The van der Waals surface area contributed by atoms with Gasteiger partial charge in [0.2, 0.25) is 0 Å². The topological polar surface area (TPSA) is 34.1 Å². The van der Waals surface area contributed by atoms with E-state index in [0.29, 0.717) is 18.4 Å². The van der Waals surface area contributed by atoms with Crippen LogP contribution in [0.15, 0.2) is 11.1 Å². The molecular weight excluding hydrogens is 200 g/mol. The Bertz CT molecular complexity index is 325. The number of rotatable bonds is 0. The molecule has 1 fully saturated rings. The van der Waals surface area contributed by atoms with Gasteiger partial charge in [0.1, 0.15) is 0 Å². The number of allylic oxidation sites excluding steroid dienone is 2. The number of carbonyl (C=O) groups excluding carboxylic acids is 2. The van der Waals surface area contributed by atoms with Crippen molar-refractivity contribution in [2.24, 2.45) is 10.8 Å². The van der Waals surface area contributed by atoms with Crippen molar-refractivity contribution >= 4 is 11.6 Å². The third kappa shape index (κ3) is 2.42. The maximum Gasteiger partial charge on any atom is 0.166 e. The molecule has 16 heavy (non-hydrogen) atoms. The molecule has 0 spiro atoms. The molecule has 90 valence electrons. The van der Waals surface area contributed by atoms with Crippen LogP contribution in [-0.2, 0) is 9.59 Å². The van der Waals surface area contributed by atoms with Crippen molar-refractivity contribution in [2.45, 2.75) is 54.4 Å². The van der Waals surface area contributed by atoms with Crippen LogP contribution >= 0.6 is 0 Å². The standard InChI is InChI=1S/C14H22O2/c1-13(2,3)12(14(4,5)6)11-9(15)7-8-10(11)16/h7-8H2,1-6H3. The molecular formula is C14H22O2. The third-order valence-electron chi connectivity index (χ3n) is 2.89. The Hall–Kier alpha value is -0.920. The van der Waals surface area contributed by atoms with E-state index in [1.54, 1.807) is 0 Å². The predicted octanol–water partition coefficient (Wildman–Crippen LogP) is 3.31. The van der Waals surface area contributed by atoms with Crippen molar-refractivity contribution in [3.05, 3.63) is 11.1 Å². The number of hydrogen-bond donors (Lipinski definition) is 0. The van der Waals surface area contributed by atoms with Crippen LogP contribution in [0.2, 0.25) is 0 Å². The van der Waals surface area contributed by atoms with Gasteiger partial charge in [-0.05, 0) is 16.4 Å². The van der Waals surface area contributed by atoms with Gasteiger partial charge >= 0.3 is 0 Å². The highest BCUT2D eigenvalue weighted by Gasteiger charge is 2.38. The summed E-state index contributed by atoms with van der Waals surface area (Å²) in [6.45, 7) is 12.4. The molecule has 0 atom stereocenters. The van der Waals surface area contributed by atoms with Crippen LogP contribution in [0, 0.1) is 10.8 Å². The zero-order valence-electron chi connectivity index (χ0n) is 11.2. The van der Waals surface area contributed by atoms with Crippen LogP contribution in [-0.4, -0.2) is 11.6 Å². The maximum absolute atomic E-state index is 11.8. The lowest BCUT2D eigenvalue weighted by Crippen LogP contribution is -2.27. The zero-order valence-corrected chi connectivity index (χ0v) is 11.2. The average Bonchev–Trinajstić information content (AvgIpc) is 2.30. The highest BCUT2D eigenvalue weighted by Crippen LogP contribution is 2.43. The summed E-state index contributed by atoms with van der Waals surface area (Å²) in [5.74, 6) is 0.0645. The van der Waals surface area contributed by atoms with Crippen LogP contribution in [0.3, 0.4) is 0 Å². The molecule has 2 heteroatoms. The summed E-state index contributed by atoms with van der Waals surface area (Å²) in [6.07, 6.45) is 0.785. The van der Waals surface area contributed by atoms with E-state index in [0.717, 1.165) is 5.57 Å². The largest absolute Gasteiger partial charge is 0.294 e. The van der Waals surface area contributed by atoms with Gasteiger partial charge in [0.15, 0.2) is 11.6 Å². The maximum atomic E-state index is 11.8. The minimum atomic E-state index is -0.136. The van der Waals surface area contributed by atoms with Crippen molar-refractivity contribution in [1.29, 1.82) is 0 Å². The molecule has 1 aliphatic carbocycles. The fourth-order valence-corrected chi connectivity index (χ4v) is 2.79. The molecule has 2 nitrogen and oxygen atoms in total. The molecule has 0 aromatic heterocycles. The van der Waals surface area contributed by atoms with Gasteiger partial charge in [-0.25, -0.2) is 0 Å². The summed E-state index contributed by atoms with van der Waals surface area (Å²) < 4.78 is 0. The first-order chi connectivity index (χ1) is 7.05. The first-order valence-corrected chi connectivity index (χ1v) is 5.87. The van der Waals surface area contributed by atoms with E-state index in [-0.39, 0.29) is 22.4 Å². The van der Waals surface area contributed by atoms with Gasteiger partial charge in [0.25, 0.3) is 0 Å². The van der Waals surface area contributed by atoms with E-state index in [1.807, 2.05) is 0 Å². The van der Waals surface area contributed by atoms with Gasteiger partial charge in [-0.1, -0.05) is 41.5 Å². The molecule has 0 amide bonds. The highest BCUT2D eigenvalue weighted by molar-refractivity contribution is 6.25. The summed E-state index contributed by atoms with van der Waals surface area (Å²) in [5.41, 5.74) is 1.22. The van der Waals surface area contributed by atoms with E-state index in [2.05, 4.69) is 41.5 Å². The molecule has 0 unspecified atom stereocenters.